The molecule has 1 aliphatic carbocycles. The topological polar surface area (TPSA) is 47.3 Å². The molecule has 1 fully saturated rings. The lowest BCUT2D eigenvalue weighted by molar-refractivity contribution is -0.0102. The van der Waals surface area contributed by atoms with Gasteiger partial charge in [-0.1, -0.05) is 12.1 Å². The SMILES string of the molecule is CCOC1CC(NCc2cccc(F)c2N)C1. The number of nitrogens with two attached hydrogens (primary N) is 1. The Morgan fingerprint density at radius 3 is 2.94 bits per heavy atom. The third-order valence-electron chi connectivity index (χ3n) is 3.22. The highest BCUT2D eigenvalue weighted by molar-refractivity contribution is 5.47. The summed E-state index contributed by atoms with van der Waals surface area (Å²) in [7, 11) is 0. The maximum Gasteiger partial charge on any atom is 0.146 e. The quantitative estimate of drug-likeness (QED) is 0.772. The number of benzene rings is 1. The van der Waals surface area contributed by atoms with Crippen molar-refractivity contribution in [2.45, 2.75) is 38.5 Å². The zero-order valence-corrected chi connectivity index (χ0v) is 10.1. The Morgan fingerprint density at radius 2 is 2.24 bits per heavy atom. The van der Waals surface area contributed by atoms with Crippen molar-refractivity contribution in [2.24, 2.45) is 0 Å². The van der Waals surface area contributed by atoms with Crippen LogP contribution in [0, 0.1) is 5.82 Å². The molecule has 3 nitrogen and oxygen atoms in total. The molecule has 3 N–H and O–H groups in total. The summed E-state index contributed by atoms with van der Waals surface area (Å²) in [6.45, 7) is 3.40. The minimum absolute atomic E-state index is 0.251. The molecule has 0 saturated heterocycles. The molecular weight excluding hydrogens is 219 g/mol. The zero-order valence-electron chi connectivity index (χ0n) is 10.1. The highest BCUT2D eigenvalue weighted by Crippen LogP contribution is 2.24. The van der Waals surface area contributed by atoms with Gasteiger partial charge in [-0.2, -0.15) is 0 Å². The van der Waals surface area contributed by atoms with E-state index in [9.17, 15) is 4.39 Å². The van der Waals surface area contributed by atoms with Crippen LogP contribution in [0.15, 0.2) is 18.2 Å². The normalized spacial score (nSPS) is 23.4. The maximum atomic E-state index is 13.2. The highest BCUT2D eigenvalue weighted by atomic mass is 19.1. The molecule has 1 saturated carbocycles. The first-order chi connectivity index (χ1) is 8.20. The predicted octanol–water partition coefficient (Wildman–Crippen LogP) is 2.07. The minimum Gasteiger partial charge on any atom is -0.396 e. The van der Waals surface area contributed by atoms with Gasteiger partial charge in [-0.3, -0.25) is 0 Å². The largest absolute Gasteiger partial charge is 0.396 e. The first-order valence-corrected chi connectivity index (χ1v) is 6.08. The van der Waals surface area contributed by atoms with Gasteiger partial charge in [0.25, 0.3) is 0 Å². The summed E-state index contributed by atoms with van der Waals surface area (Å²) in [4.78, 5) is 0. The smallest absolute Gasteiger partial charge is 0.146 e. The molecule has 0 radical (unpaired) electrons. The van der Waals surface area contributed by atoms with Crippen LogP contribution in [-0.4, -0.2) is 18.8 Å². The van der Waals surface area contributed by atoms with E-state index in [0.717, 1.165) is 25.0 Å². The van der Waals surface area contributed by atoms with Crippen molar-refractivity contribution < 1.29 is 9.13 Å². The summed E-state index contributed by atoms with van der Waals surface area (Å²) in [5, 5.41) is 3.37. The maximum absolute atomic E-state index is 13.2. The van der Waals surface area contributed by atoms with Gasteiger partial charge >= 0.3 is 0 Å². The minimum atomic E-state index is -0.342. The van der Waals surface area contributed by atoms with Crippen molar-refractivity contribution in [3.63, 3.8) is 0 Å². The lowest BCUT2D eigenvalue weighted by Crippen LogP contribution is -2.45. The lowest BCUT2D eigenvalue weighted by Gasteiger charge is -2.35. The number of hydrogen-bond acceptors (Lipinski definition) is 3. The van der Waals surface area contributed by atoms with E-state index >= 15 is 0 Å². The van der Waals surface area contributed by atoms with Crippen LogP contribution in [0.3, 0.4) is 0 Å². The van der Waals surface area contributed by atoms with E-state index < -0.39 is 0 Å². The van der Waals surface area contributed by atoms with Crippen LogP contribution >= 0.6 is 0 Å². The number of anilines is 1. The van der Waals surface area contributed by atoms with E-state index in [1.165, 1.54) is 6.07 Å². The van der Waals surface area contributed by atoms with Crippen molar-refractivity contribution in [1.82, 2.24) is 5.32 Å². The van der Waals surface area contributed by atoms with Crippen molar-refractivity contribution in [1.29, 1.82) is 0 Å². The molecule has 1 aliphatic rings. The molecule has 2 rings (SSSR count). The number of ether oxygens (including phenoxy) is 1. The van der Waals surface area contributed by atoms with E-state index in [1.54, 1.807) is 6.07 Å². The van der Waals surface area contributed by atoms with Crippen LogP contribution in [0.4, 0.5) is 10.1 Å². The number of halogens is 1. The molecule has 0 aromatic heterocycles. The summed E-state index contributed by atoms with van der Waals surface area (Å²) in [6.07, 6.45) is 2.45. The third kappa shape index (κ3) is 2.96. The Morgan fingerprint density at radius 1 is 1.47 bits per heavy atom. The molecule has 1 aromatic rings. The lowest BCUT2D eigenvalue weighted by atomic mass is 9.89. The van der Waals surface area contributed by atoms with Gasteiger partial charge in [-0.05, 0) is 31.4 Å². The Hall–Kier alpha value is -1.13. The fourth-order valence-corrected chi connectivity index (χ4v) is 2.09. The fraction of sp³-hybridized carbons (Fsp3) is 0.538. The van der Waals surface area contributed by atoms with Gasteiger partial charge in [0, 0.05) is 19.2 Å². The predicted molar refractivity (Wildman–Crippen MR) is 66.1 cm³/mol. The Kier molecular flexibility index (Phi) is 3.97. The molecule has 0 bridgehead atoms. The standard InChI is InChI=1S/C13H19FN2O/c1-2-17-11-6-10(7-11)16-8-9-4-3-5-12(14)13(9)15/h3-5,10-11,16H,2,6-8,15H2,1H3. The van der Waals surface area contributed by atoms with Crippen LogP contribution in [-0.2, 0) is 11.3 Å². The molecular formula is C13H19FN2O. The average Bonchev–Trinajstić information content (AvgIpc) is 2.26. The van der Waals surface area contributed by atoms with E-state index in [4.69, 9.17) is 10.5 Å². The average molecular weight is 238 g/mol. The second-order valence-electron chi connectivity index (χ2n) is 4.44. The summed E-state index contributed by atoms with van der Waals surface area (Å²) >= 11 is 0. The first kappa shape index (κ1) is 12.3. The van der Waals surface area contributed by atoms with Crippen molar-refractivity contribution in [3.05, 3.63) is 29.6 Å². The van der Waals surface area contributed by atoms with E-state index in [1.807, 2.05) is 13.0 Å². The number of para-hydroxylation sites is 1. The van der Waals surface area contributed by atoms with Crippen molar-refractivity contribution in [3.8, 4) is 0 Å². The molecule has 0 atom stereocenters. The van der Waals surface area contributed by atoms with Gasteiger partial charge in [0.15, 0.2) is 0 Å². The van der Waals surface area contributed by atoms with E-state index in [-0.39, 0.29) is 11.5 Å². The van der Waals surface area contributed by atoms with Gasteiger partial charge in [0.1, 0.15) is 5.82 Å². The second-order valence-corrected chi connectivity index (χ2v) is 4.44. The first-order valence-electron chi connectivity index (χ1n) is 6.08. The van der Waals surface area contributed by atoms with Gasteiger partial charge in [-0.15, -0.1) is 0 Å². The van der Waals surface area contributed by atoms with Crippen LogP contribution in [0.5, 0.6) is 0 Å². The number of hydrogen-bond donors (Lipinski definition) is 2. The molecule has 0 unspecified atom stereocenters. The summed E-state index contributed by atoms with van der Waals surface area (Å²) in [5.74, 6) is -0.342. The number of nitrogens with one attached hydrogen (secondary N) is 1. The molecule has 0 spiro atoms. The number of nitrogen functional groups attached to an aromatic ring is 1. The zero-order chi connectivity index (χ0) is 12.3. The van der Waals surface area contributed by atoms with Gasteiger partial charge in [0.2, 0.25) is 0 Å². The number of rotatable bonds is 5. The van der Waals surface area contributed by atoms with Crippen molar-refractivity contribution in [2.75, 3.05) is 12.3 Å². The Balaban J connectivity index is 1.78. The third-order valence-corrected chi connectivity index (χ3v) is 3.22. The molecule has 17 heavy (non-hydrogen) atoms. The molecule has 0 amide bonds. The summed E-state index contributed by atoms with van der Waals surface area (Å²) in [5.41, 5.74) is 6.74. The van der Waals surface area contributed by atoms with Crippen LogP contribution in [0.1, 0.15) is 25.3 Å². The van der Waals surface area contributed by atoms with E-state index in [2.05, 4.69) is 5.32 Å². The Bertz CT molecular complexity index is 378. The van der Waals surface area contributed by atoms with Gasteiger partial charge in [-0.25, -0.2) is 4.39 Å². The highest BCUT2D eigenvalue weighted by Gasteiger charge is 2.28. The Labute approximate surface area is 101 Å². The van der Waals surface area contributed by atoms with Crippen LogP contribution in [0.25, 0.3) is 0 Å². The van der Waals surface area contributed by atoms with E-state index in [0.29, 0.717) is 18.7 Å². The molecule has 0 heterocycles. The van der Waals surface area contributed by atoms with Crippen molar-refractivity contribution >= 4 is 5.69 Å². The monoisotopic (exact) mass is 238 g/mol. The molecule has 4 heteroatoms. The fourth-order valence-electron chi connectivity index (χ4n) is 2.09. The van der Waals surface area contributed by atoms with Crippen LogP contribution < -0.4 is 11.1 Å². The van der Waals surface area contributed by atoms with Gasteiger partial charge in [0.05, 0.1) is 11.8 Å². The molecule has 0 aliphatic heterocycles. The van der Waals surface area contributed by atoms with Gasteiger partial charge < -0.3 is 15.8 Å². The summed E-state index contributed by atoms with van der Waals surface area (Å²) < 4.78 is 18.7. The molecule has 94 valence electrons. The molecule has 1 aromatic carbocycles. The van der Waals surface area contributed by atoms with Crippen LogP contribution in [0.2, 0.25) is 0 Å². The second kappa shape index (κ2) is 5.47. The summed E-state index contributed by atoms with van der Waals surface area (Å²) in [6, 6.07) is 5.39.